The van der Waals surface area contributed by atoms with Crippen molar-refractivity contribution < 1.29 is 22.7 Å². The van der Waals surface area contributed by atoms with E-state index in [1.54, 1.807) is 31.3 Å². The third kappa shape index (κ3) is 4.31. The fourth-order valence-corrected chi connectivity index (χ4v) is 4.55. The summed E-state index contributed by atoms with van der Waals surface area (Å²) >= 11 is 0. The van der Waals surface area contributed by atoms with Gasteiger partial charge in [0.05, 0.1) is 18.6 Å². The van der Waals surface area contributed by atoms with Gasteiger partial charge in [-0.15, -0.1) is 0 Å². The van der Waals surface area contributed by atoms with Gasteiger partial charge in [0.1, 0.15) is 11.2 Å². The lowest BCUT2D eigenvalue weighted by molar-refractivity contribution is -0.146. The molecule has 0 saturated carbocycles. The van der Waals surface area contributed by atoms with Crippen LogP contribution in [0.4, 0.5) is 5.69 Å². The Kier molecular flexibility index (Phi) is 5.41. The zero-order valence-corrected chi connectivity index (χ0v) is 15.7. The summed E-state index contributed by atoms with van der Waals surface area (Å²) < 4.78 is 28.4. The van der Waals surface area contributed by atoms with Crippen LogP contribution < -0.4 is 10.1 Å². The normalized spacial score (nSPS) is 19.3. The average molecular weight is 368 g/mol. The molecule has 1 heterocycles. The summed E-state index contributed by atoms with van der Waals surface area (Å²) in [5, 5.41) is 2.71. The van der Waals surface area contributed by atoms with Crippen LogP contribution in [0.2, 0.25) is 0 Å². The van der Waals surface area contributed by atoms with Gasteiger partial charge in [0, 0.05) is 24.8 Å². The molecule has 1 aromatic carbocycles. The number of hydrogen-bond acceptors (Lipinski definition) is 5. The van der Waals surface area contributed by atoms with E-state index in [4.69, 9.17) is 4.74 Å². The number of nitrogens with one attached hydrogen (secondary N) is 1. The Morgan fingerprint density at radius 3 is 2.56 bits per heavy atom. The van der Waals surface area contributed by atoms with E-state index in [1.807, 2.05) is 0 Å². The Bertz CT molecular complexity index is 773. The molecule has 0 aliphatic carbocycles. The van der Waals surface area contributed by atoms with Crippen LogP contribution in [-0.2, 0) is 19.4 Å². The van der Waals surface area contributed by atoms with Crippen LogP contribution >= 0.6 is 0 Å². The number of rotatable bonds is 5. The van der Waals surface area contributed by atoms with Gasteiger partial charge in [-0.05, 0) is 32.4 Å². The highest BCUT2D eigenvalue weighted by Gasteiger charge is 2.42. The number of hydrogen-bond donors (Lipinski definition) is 1. The molecule has 1 saturated heterocycles. The molecule has 25 heavy (non-hydrogen) atoms. The predicted molar refractivity (Wildman–Crippen MR) is 95.2 cm³/mol. The number of ether oxygens (including phenoxy) is 1. The van der Waals surface area contributed by atoms with Crippen molar-refractivity contribution in [3.63, 3.8) is 0 Å². The van der Waals surface area contributed by atoms with Crippen molar-refractivity contribution in [1.82, 2.24) is 4.90 Å². The topological polar surface area (TPSA) is 92.8 Å². The quantitative estimate of drug-likeness (QED) is 0.791. The number of amides is 2. The molecule has 1 aliphatic rings. The van der Waals surface area contributed by atoms with Gasteiger partial charge in [-0.1, -0.05) is 6.07 Å². The second-order valence-corrected chi connectivity index (χ2v) is 9.01. The highest BCUT2D eigenvalue weighted by molar-refractivity contribution is 7.91. The Labute approximate surface area is 148 Å². The van der Waals surface area contributed by atoms with Gasteiger partial charge < -0.3 is 15.0 Å². The predicted octanol–water partition coefficient (Wildman–Crippen LogP) is 1.31. The minimum Gasteiger partial charge on any atom is -0.497 e. The smallest absolute Gasteiger partial charge is 0.239 e. The summed E-state index contributed by atoms with van der Waals surface area (Å²) in [6.07, 6.45) is 0.401. The minimum absolute atomic E-state index is 0.0528. The number of anilines is 1. The fraction of sp³-hybridized carbons (Fsp3) is 0.529. The van der Waals surface area contributed by atoms with E-state index in [0.717, 1.165) is 0 Å². The van der Waals surface area contributed by atoms with E-state index in [9.17, 15) is 18.0 Å². The SMILES string of the molecule is COc1cccc(NC(=O)C(C)(C)C(=O)N(C)C2CCS(=O)(=O)C2)c1. The molecule has 138 valence electrons. The third-order valence-electron chi connectivity index (χ3n) is 4.51. The molecule has 1 unspecified atom stereocenters. The summed E-state index contributed by atoms with van der Waals surface area (Å²) in [4.78, 5) is 26.8. The summed E-state index contributed by atoms with van der Waals surface area (Å²) in [7, 11) is -0.0275. The van der Waals surface area contributed by atoms with Crippen LogP contribution in [0, 0.1) is 5.41 Å². The monoisotopic (exact) mass is 368 g/mol. The van der Waals surface area contributed by atoms with Gasteiger partial charge in [0.2, 0.25) is 11.8 Å². The number of sulfone groups is 1. The van der Waals surface area contributed by atoms with E-state index in [0.29, 0.717) is 17.9 Å². The van der Waals surface area contributed by atoms with Gasteiger partial charge in [0.25, 0.3) is 0 Å². The third-order valence-corrected chi connectivity index (χ3v) is 6.26. The fourth-order valence-electron chi connectivity index (χ4n) is 2.77. The second-order valence-electron chi connectivity index (χ2n) is 6.78. The highest BCUT2D eigenvalue weighted by atomic mass is 32.2. The Hall–Kier alpha value is -2.09. The molecule has 1 N–H and O–H groups in total. The lowest BCUT2D eigenvalue weighted by atomic mass is 9.89. The highest BCUT2D eigenvalue weighted by Crippen LogP contribution is 2.26. The Balaban J connectivity index is 2.10. The summed E-state index contributed by atoms with van der Waals surface area (Å²) in [6.45, 7) is 3.07. The first-order valence-electron chi connectivity index (χ1n) is 8.00. The van der Waals surface area contributed by atoms with Gasteiger partial charge in [0.15, 0.2) is 9.84 Å². The molecule has 1 fully saturated rings. The van der Waals surface area contributed by atoms with Gasteiger partial charge in [-0.2, -0.15) is 0 Å². The van der Waals surface area contributed by atoms with Crippen molar-refractivity contribution in [2.75, 3.05) is 31.0 Å². The Morgan fingerprint density at radius 1 is 1.32 bits per heavy atom. The van der Waals surface area contributed by atoms with Crippen molar-refractivity contribution in [2.24, 2.45) is 5.41 Å². The van der Waals surface area contributed by atoms with Crippen LogP contribution in [-0.4, -0.2) is 56.8 Å². The first-order chi connectivity index (χ1) is 11.6. The van der Waals surface area contributed by atoms with E-state index in [-0.39, 0.29) is 17.5 Å². The van der Waals surface area contributed by atoms with Crippen molar-refractivity contribution >= 4 is 27.3 Å². The minimum atomic E-state index is -3.10. The second kappa shape index (κ2) is 7.03. The van der Waals surface area contributed by atoms with E-state index < -0.39 is 27.1 Å². The van der Waals surface area contributed by atoms with Crippen molar-refractivity contribution in [3.05, 3.63) is 24.3 Å². The molecule has 7 nitrogen and oxygen atoms in total. The van der Waals surface area contributed by atoms with Crippen molar-refractivity contribution in [2.45, 2.75) is 26.3 Å². The largest absolute Gasteiger partial charge is 0.497 e. The van der Waals surface area contributed by atoms with E-state index in [2.05, 4.69) is 5.32 Å². The summed E-state index contributed by atoms with van der Waals surface area (Å²) in [5.41, 5.74) is -0.805. The Morgan fingerprint density at radius 2 is 2.00 bits per heavy atom. The molecule has 8 heteroatoms. The number of carbonyl (C=O) groups excluding carboxylic acids is 2. The standard InChI is InChI=1S/C17H24N2O5S/c1-17(2,15(20)18-12-6-5-7-14(10-12)24-4)16(21)19(3)13-8-9-25(22,23)11-13/h5-7,10,13H,8-9,11H2,1-4H3,(H,18,20). The first-order valence-corrected chi connectivity index (χ1v) is 9.82. The molecular formula is C17H24N2O5S. The molecule has 2 rings (SSSR count). The summed E-state index contributed by atoms with van der Waals surface area (Å²) in [6, 6.07) is 6.46. The van der Waals surface area contributed by atoms with Crippen LogP contribution in [0.15, 0.2) is 24.3 Å². The average Bonchev–Trinajstić information content (AvgIpc) is 2.93. The molecule has 1 aromatic rings. The zero-order chi connectivity index (χ0) is 18.8. The van der Waals surface area contributed by atoms with Crippen molar-refractivity contribution in [3.8, 4) is 5.75 Å². The number of carbonyl (C=O) groups is 2. The molecular weight excluding hydrogens is 344 g/mol. The zero-order valence-electron chi connectivity index (χ0n) is 14.9. The molecule has 2 amide bonds. The maximum atomic E-state index is 12.8. The number of benzene rings is 1. The van der Waals surface area contributed by atoms with E-state index >= 15 is 0 Å². The molecule has 0 radical (unpaired) electrons. The van der Waals surface area contributed by atoms with Crippen LogP contribution in [0.3, 0.4) is 0 Å². The number of methoxy groups -OCH3 is 1. The maximum absolute atomic E-state index is 12.8. The molecule has 1 aliphatic heterocycles. The van der Waals surface area contributed by atoms with Crippen LogP contribution in [0.1, 0.15) is 20.3 Å². The molecule has 1 atom stereocenters. The first kappa shape index (κ1) is 19.2. The summed E-state index contributed by atoms with van der Waals surface area (Å²) in [5.74, 6) is -0.252. The van der Waals surface area contributed by atoms with Gasteiger partial charge in [-0.3, -0.25) is 9.59 Å². The van der Waals surface area contributed by atoms with Crippen LogP contribution in [0.5, 0.6) is 5.75 Å². The van der Waals surface area contributed by atoms with Crippen LogP contribution in [0.25, 0.3) is 0 Å². The van der Waals surface area contributed by atoms with Crippen molar-refractivity contribution in [1.29, 1.82) is 0 Å². The van der Waals surface area contributed by atoms with Gasteiger partial charge in [-0.25, -0.2) is 8.42 Å². The number of nitrogens with zero attached hydrogens (tertiary/aromatic N) is 1. The lowest BCUT2D eigenvalue weighted by Gasteiger charge is -2.31. The van der Waals surface area contributed by atoms with Gasteiger partial charge >= 0.3 is 0 Å². The molecule has 0 spiro atoms. The molecule has 0 aromatic heterocycles. The lowest BCUT2D eigenvalue weighted by Crippen LogP contribution is -2.49. The maximum Gasteiger partial charge on any atom is 0.239 e. The van der Waals surface area contributed by atoms with E-state index in [1.165, 1.54) is 25.9 Å². The molecule has 0 bridgehead atoms.